The normalized spacial score (nSPS) is 12.4. The van der Waals surface area contributed by atoms with Gasteiger partial charge in [0.25, 0.3) is 0 Å². The molecule has 0 fully saturated rings. The molecule has 0 atom stereocenters. The lowest BCUT2D eigenvalue weighted by Gasteiger charge is -2.14. The maximum absolute atomic E-state index is 13.0. The van der Waals surface area contributed by atoms with E-state index in [0.717, 1.165) is 18.6 Å². The van der Waals surface area contributed by atoms with E-state index in [-0.39, 0.29) is 16.3 Å². The summed E-state index contributed by atoms with van der Waals surface area (Å²) >= 11 is 0. The molecule has 27 heavy (non-hydrogen) atoms. The number of rotatable bonds is 7. The van der Waals surface area contributed by atoms with Gasteiger partial charge in [0.1, 0.15) is 5.75 Å². The molecule has 0 unspecified atom stereocenters. The van der Waals surface area contributed by atoms with E-state index in [1.165, 1.54) is 43.5 Å². The Morgan fingerprint density at radius 2 is 1.33 bits per heavy atom. The molecule has 0 aromatic heterocycles. The van der Waals surface area contributed by atoms with E-state index in [1.807, 2.05) is 0 Å². The number of methoxy groups -OCH3 is 1. The Morgan fingerprint density at radius 3 is 1.81 bits per heavy atom. The van der Waals surface area contributed by atoms with Crippen LogP contribution < -0.4 is 14.2 Å². The Kier molecular flexibility index (Phi) is 5.73. The second-order valence-corrected chi connectivity index (χ2v) is 11.1. The van der Waals surface area contributed by atoms with Gasteiger partial charge in [-0.25, -0.2) is 25.3 Å². The van der Waals surface area contributed by atoms with Crippen LogP contribution in [0.3, 0.4) is 0 Å². The van der Waals surface area contributed by atoms with Gasteiger partial charge < -0.3 is 4.74 Å². The van der Waals surface area contributed by atoms with Crippen LogP contribution in [0.4, 0.5) is 11.4 Å². The van der Waals surface area contributed by atoms with E-state index in [4.69, 9.17) is 4.74 Å². The largest absolute Gasteiger partial charge is 0.497 e. The van der Waals surface area contributed by atoms with Crippen LogP contribution in [0.25, 0.3) is 0 Å². The number of benzene rings is 2. The monoisotopic (exact) mass is 434 g/mol. The molecule has 0 bridgehead atoms. The highest BCUT2D eigenvalue weighted by molar-refractivity contribution is 7.93. The lowest BCUT2D eigenvalue weighted by molar-refractivity contribution is 0.414. The van der Waals surface area contributed by atoms with Crippen LogP contribution in [-0.4, -0.2) is 44.9 Å². The number of nitrogens with one attached hydrogen (secondary N) is 2. The van der Waals surface area contributed by atoms with Crippen LogP contribution >= 0.6 is 0 Å². The van der Waals surface area contributed by atoms with Crippen molar-refractivity contribution >= 4 is 41.3 Å². The SMILES string of the molecule is COc1ccc(S(=O)(=O)c2cc(NS(C)(=O)=O)ccc2NS(C)(=O)=O)cc1. The highest BCUT2D eigenvalue weighted by Crippen LogP contribution is 2.32. The van der Waals surface area contributed by atoms with E-state index in [0.29, 0.717) is 5.75 Å². The molecule has 0 aliphatic rings. The van der Waals surface area contributed by atoms with Crippen molar-refractivity contribution in [1.82, 2.24) is 0 Å². The summed E-state index contributed by atoms with van der Waals surface area (Å²) in [4.78, 5) is -0.511. The molecule has 12 heteroatoms. The molecule has 2 N–H and O–H groups in total. The van der Waals surface area contributed by atoms with Gasteiger partial charge in [0, 0.05) is 5.69 Å². The molecule has 9 nitrogen and oxygen atoms in total. The number of hydrogen-bond acceptors (Lipinski definition) is 7. The van der Waals surface area contributed by atoms with Gasteiger partial charge in [0.15, 0.2) is 0 Å². The van der Waals surface area contributed by atoms with Gasteiger partial charge in [-0.1, -0.05) is 0 Å². The van der Waals surface area contributed by atoms with Gasteiger partial charge >= 0.3 is 0 Å². The first-order valence-electron chi connectivity index (χ1n) is 7.30. The lowest BCUT2D eigenvalue weighted by atomic mass is 10.3. The number of ether oxygens (including phenoxy) is 1. The average Bonchev–Trinajstić information content (AvgIpc) is 2.53. The van der Waals surface area contributed by atoms with Crippen molar-refractivity contribution < 1.29 is 30.0 Å². The van der Waals surface area contributed by atoms with Crippen LogP contribution in [0.1, 0.15) is 0 Å². The summed E-state index contributed by atoms with van der Waals surface area (Å²) in [5.41, 5.74) is -0.226. The maximum Gasteiger partial charge on any atom is 0.229 e. The molecule has 0 saturated carbocycles. The van der Waals surface area contributed by atoms with Gasteiger partial charge in [0.05, 0.1) is 35.1 Å². The van der Waals surface area contributed by atoms with Crippen LogP contribution in [0.2, 0.25) is 0 Å². The Hall–Kier alpha value is -2.31. The Balaban J connectivity index is 2.66. The molecular weight excluding hydrogens is 416 g/mol. The predicted molar refractivity (Wildman–Crippen MR) is 102 cm³/mol. The molecule has 2 aromatic carbocycles. The quantitative estimate of drug-likeness (QED) is 0.670. The topological polar surface area (TPSA) is 136 Å². The molecule has 0 aliphatic heterocycles. The van der Waals surface area contributed by atoms with Gasteiger partial charge in [-0.3, -0.25) is 9.44 Å². The highest BCUT2D eigenvalue weighted by atomic mass is 32.2. The second-order valence-electron chi connectivity index (χ2n) is 5.64. The fraction of sp³-hybridized carbons (Fsp3) is 0.200. The van der Waals surface area contributed by atoms with Crippen LogP contribution in [0.5, 0.6) is 5.75 Å². The number of anilines is 2. The van der Waals surface area contributed by atoms with Crippen LogP contribution in [0, 0.1) is 0 Å². The first kappa shape index (κ1) is 21.0. The summed E-state index contributed by atoms with van der Waals surface area (Å²) in [7, 11) is -10.2. The maximum atomic E-state index is 13.0. The summed E-state index contributed by atoms with van der Waals surface area (Å²) < 4.78 is 81.3. The summed E-state index contributed by atoms with van der Waals surface area (Å²) in [6.07, 6.45) is 1.78. The molecule has 148 valence electrons. The number of sulfonamides is 2. The smallest absolute Gasteiger partial charge is 0.229 e. The van der Waals surface area contributed by atoms with Gasteiger partial charge in [-0.15, -0.1) is 0 Å². The molecular formula is C15H18N2O7S3. The van der Waals surface area contributed by atoms with Gasteiger partial charge in [-0.2, -0.15) is 0 Å². The molecule has 0 amide bonds. The number of sulfone groups is 1. The minimum absolute atomic E-state index is 0.0244. The zero-order chi connectivity index (χ0) is 20.5. The fourth-order valence-corrected chi connectivity index (χ4v) is 4.82. The van der Waals surface area contributed by atoms with Crippen molar-refractivity contribution in [1.29, 1.82) is 0 Å². The van der Waals surface area contributed by atoms with Crippen molar-refractivity contribution in [3.05, 3.63) is 42.5 Å². The van der Waals surface area contributed by atoms with Crippen molar-refractivity contribution in [2.75, 3.05) is 29.1 Å². The van der Waals surface area contributed by atoms with Crippen molar-refractivity contribution in [2.45, 2.75) is 9.79 Å². The van der Waals surface area contributed by atoms with Gasteiger partial charge in [-0.05, 0) is 42.5 Å². The second kappa shape index (κ2) is 7.37. The minimum Gasteiger partial charge on any atom is -0.497 e. The third kappa shape index (κ3) is 5.58. The molecule has 0 saturated heterocycles. The van der Waals surface area contributed by atoms with E-state index in [2.05, 4.69) is 9.44 Å². The Bertz CT molecular complexity index is 1150. The van der Waals surface area contributed by atoms with Gasteiger partial charge in [0.2, 0.25) is 29.9 Å². The lowest BCUT2D eigenvalue weighted by Crippen LogP contribution is -2.15. The summed E-state index contributed by atoms with van der Waals surface area (Å²) in [5.74, 6) is 0.441. The standard InChI is InChI=1S/C15H18N2O7S3/c1-24-12-5-7-13(8-6-12)27(22,23)15-10-11(16-25(2,18)19)4-9-14(15)17-26(3,20)21/h4-10,16-17H,1-3H3. The zero-order valence-corrected chi connectivity index (χ0v) is 17.1. The average molecular weight is 435 g/mol. The summed E-state index contributed by atoms with van der Waals surface area (Å²) in [6.45, 7) is 0. The summed E-state index contributed by atoms with van der Waals surface area (Å²) in [5, 5.41) is 0. The minimum atomic E-state index is -4.16. The predicted octanol–water partition coefficient (Wildman–Crippen LogP) is 1.27. The molecule has 0 radical (unpaired) electrons. The highest BCUT2D eigenvalue weighted by Gasteiger charge is 2.24. The molecule has 2 aromatic rings. The van der Waals surface area contributed by atoms with E-state index >= 15 is 0 Å². The van der Waals surface area contributed by atoms with Crippen LogP contribution in [-0.2, 0) is 29.9 Å². The van der Waals surface area contributed by atoms with Crippen molar-refractivity contribution in [3.63, 3.8) is 0 Å². The first-order valence-corrected chi connectivity index (χ1v) is 12.6. The Labute approximate surface area is 158 Å². The molecule has 0 aliphatic carbocycles. The molecule has 2 rings (SSSR count). The number of hydrogen-bond donors (Lipinski definition) is 2. The van der Waals surface area contributed by atoms with E-state index in [9.17, 15) is 25.3 Å². The first-order chi connectivity index (χ1) is 12.3. The van der Waals surface area contributed by atoms with E-state index < -0.39 is 34.8 Å². The third-order valence-corrected chi connectivity index (χ3v) is 6.25. The van der Waals surface area contributed by atoms with Crippen molar-refractivity contribution in [2.24, 2.45) is 0 Å². The third-order valence-electron chi connectivity index (χ3n) is 3.24. The zero-order valence-electron chi connectivity index (χ0n) is 14.6. The Morgan fingerprint density at radius 1 is 0.778 bits per heavy atom. The van der Waals surface area contributed by atoms with Crippen molar-refractivity contribution in [3.8, 4) is 5.75 Å². The molecule has 0 spiro atoms. The fourth-order valence-electron chi connectivity index (χ4n) is 2.19. The van der Waals surface area contributed by atoms with E-state index in [1.54, 1.807) is 0 Å². The van der Waals surface area contributed by atoms with Crippen LogP contribution in [0.15, 0.2) is 52.3 Å². The molecule has 0 heterocycles. The summed E-state index contributed by atoms with van der Waals surface area (Å²) in [6, 6.07) is 8.95.